The first-order chi connectivity index (χ1) is 6.72. The van der Waals surface area contributed by atoms with E-state index >= 15 is 0 Å². The van der Waals surface area contributed by atoms with Gasteiger partial charge in [-0.15, -0.1) is 12.4 Å². The molecule has 86 valence electrons. The number of hydrogen-bond acceptors (Lipinski definition) is 3. The standard InChI is InChI=1S/C11H17NO2.ClH/c1-4-10(12)9-7-8(13-2)5-6-11(9)14-3;/h5-7,10H,4,12H2,1-3H3;1H/t10-;/m0./s1. The Bertz CT molecular complexity index is 305. The highest BCUT2D eigenvalue weighted by Gasteiger charge is 2.10. The molecule has 1 atom stereocenters. The largest absolute Gasteiger partial charge is 0.497 e. The Kier molecular flexibility index (Phi) is 6.13. The Balaban J connectivity index is 0.00000196. The van der Waals surface area contributed by atoms with Gasteiger partial charge in [0, 0.05) is 11.6 Å². The summed E-state index contributed by atoms with van der Waals surface area (Å²) in [5.74, 6) is 1.63. The lowest BCUT2D eigenvalue weighted by Gasteiger charge is -2.14. The second-order valence-corrected chi connectivity index (χ2v) is 3.12. The van der Waals surface area contributed by atoms with E-state index in [0.717, 1.165) is 23.5 Å². The van der Waals surface area contributed by atoms with Gasteiger partial charge in [-0.1, -0.05) is 6.92 Å². The van der Waals surface area contributed by atoms with E-state index in [4.69, 9.17) is 15.2 Å². The molecule has 0 aliphatic rings. The Morgan fingerprint density at radius 2 is 1.93 bits per heavy atom. The van der Waals surface area contributed by atoms with Crippen LogP contribution in [0.15, 0.2) is 18.2 Å². The predicted molar refractivity (Wildman–Crippen MR) is 64.0 cm³/mol. The Labute approximate surface area is 97.0 Å². The molecule has 0 heterocycles. The molecule has 0 aromatic heterocycles. The fourth-order valence-corrected chi connectivity index (χ4v) is 1.35. The molecule has 0 fully saturated rings. The molecule has 0 amide bonds. The van der Waals surface area contributed by atoms with E-state index < -0.39 is 0 Å². The molecule has 0 spiro atoms. The van der Waals surface area contributed by atoms with Crippen molar-refractivity contribution >= 4 is 12.4 Å². The number of methoxy groups -OCH3 is 2. The van der Waals surface area contributed by atoms with Gasteiger partial charge in [-0.3, -0.25) is 0 Å². The van der Waals surface area contributed by atoms with Crippen LogP contribution in [0.4, 0.5) is 0 Å². The SMILES string of the molecule is CC[C@H](N)c1cc(OC)ccc1OC.Cl. The molecule has 1 rings (SSSR count). The summed E-state index contributed by atoms with van der Waals surface area (Å²) in [4.78, 5) is 0. The van der Waals surface area contributed by atoms with Crippen LogP contribution in [0.1, 0.15) is 24.9 Å². The number of ether oxygens (including phenoxy) is 2. The second-order valence-electron chi connectivity index (χ2n) is 3.12. The summed E-state index contributed by atoms with van der Waals surface area (Å²) in [7, 11) is 3.29. The van der Waals surface area contributed by atoms with E-state index in [1.807, 2.05) is 25.1 Å². The number of nitrogens with two attached hydrogens (primary N) is 1. The summed E-state index contributed by atoms with van der Waals surface area (Å²) in [6, 6.07) is 5.67. The monoisotopic (exact) mass is 231 g/mol. The van der Waals surface area contributed by atoms with Gasteiger partial charge in [-0.2, -0.15) is 0 Å². The van der Waals surface area contributed by atoms with E-state index in [0.29, 0.717) is 0 Å². The van der Waals surface area contributed by atoms with Crippen molar-refractivity contribution in [2.24, 2.45) is 5.73 Å². The predicted octanol–water partition coefficient (Wildman–Crippen LogP) is 2.54. The van der Waals surface area contributed by atoms with Gasteiger partial charge >= 0.3 is 0 Å². The summed E-state index contributed by atoms with van der Waals surface area (Å²) in [6.07, 6.45) is 0.878. The van der Waals surface area contributed by atoms with E-state index in [-0.39, 0.29) is 18.4 Å². The zero-order valence-electron chi connectivity index (χ0n) is 9.32. The smallest absolute Gasteiger partial charge is 0.123 e. The van der Waals surface area contributed by atoms with Crippen molar-refractivity contribution in [1.29, 1.82) is 0 Å². The third-order valence-electron chi connectivity index (χ3n) is 2.28. The van der Waals surface area contributed by atoms with Gasteiger partial charge in [-0.05, 0) is 24.6 Å². The number of rotatable bonds is 4. The molecular formula is C11H18ClNO2. The first-order valence-electron chi connectivity index (χ1n) is 4.70. The molecule has 15 heavy (non-hydrogen) atoms. The Morgan fingerprint density at radius 1 is 1.27 bits per heavy atom. The normalized spacial score (nSPS) is 11.5. The fraction of sp³-hybridized carbons (Fsp3) is 0.455. The summed E-state index contributed by atoms with van der Waals surface area (Å²) in [5, 5.41) is 0. The molecule has 0 unspecified atom stereocenters. The highest BCUT2D eigenvalue weighted by atomic mass is 35.5. The Hall–Kier alpha value is -0.930. The summed E-state index contributed by atoms with van der Waals surface area (Å²) < 4.78 is 10.4. The van der Waals surface area contributed by atoms with Crippen LogP contribution < -0.4 is 15.2 Å². The van der Waals surface area contributed by atoms with Crippen molar-refractivity contribution in [3.05, 3.63) is 23.8 Å². The lowest BCUT2D eigenvalue weighted by Crippen LogP contribution is -2.10. The number of halogens is 1. The molecule has 0 aliphatic carbocycles. The van der Waals surface area contributed by atoms with Gasteiger partial charge in [0.25, 0.3) is 0 Å². The first kappa shape index (κ1) is 14.1. The minimum absolute atomic E-state index is 0. The van der Waals surface area contributed by atoms with Gasteiger partial charge < -0.3 is 15.2 Å². The maximum Gasteiger partial charge on any atom is 0.123 e. The molecule has 0 radical (unpaired) electrons. The average Bonchev–Trinajstić information content (AvgIpc) is 2.27. The second kappa shape index (κ2) is 6.53. The average molecular weight is 232 g/mol. The van der Waals surface area contributed by atoms with Gasteiger partial charge in [0.05, 0.1) is 14.2 Å². The van der Waals surface area contributed by atoms with E-state index in [1.165, 1.54) is 0 Å². The topological polar surface area (TPSA) is 44.5 Å². The summed E-state index contributed by atoms with van der Waals surface area (Å²) in [6.45, 7) is 2.05. The van der Waals surface area contributed by atoms with Crippen LogP contribution in [-0.4, -0.2) is 14.2 Å². The van der Waals surface area contributed by atoms with Crippen LogP contribution >= 0.6 is 12.4 Å². The lowest BCUT2D eigenvalue weighted by atomic mass is 10.0. The summed E-state index contributed by atoms with van der Waals surface area (Å²) >= 11 is 0. The molecule has 4 heteroatoms. The van der Waals surface area contributed by atoms with Crippen LogP contribution in [0.5, 0.6) is 11.5 Å². The van der Waals surface area contributed by atoms with Crippen LogP contribution in [0.3, 0.4) is 0 Å². The highest BCUT2D eigenvalue weighted by molar-refractivity contribution is 5.85. The van der Waals surface area contributed by atoms with Gasteiger partial charge in [0.1, 0.15) is 11.5 Å². The third-order valence-corrected chi connectivity index (χ3v) is 2.28. The van der Waals surface area contributed by atoms with Gasteiger partial charge in [-0.25, -0.2) is 0 Å². The minimum atomic E-state index is 0. The van der Waals surface area contributed by atoms with E-state index in [2.05, 4.69) is 0 Å². The van der Waals surface area contributed by atoms with Crippen LogP contribution in [-0.2, 0) is 0 Å². The van der Waals surface area contributed by atoms with Crippen molar-refractivity contribution in [3.63, 3.8) is 0 Å². The quantitative estimate of drug-likeness (QED) is 0.866. The molecule has 1 aromatic rings. The maximum atomic E-state index is 5.96. The van der Waals surface area contributed by atoms with Crippen molar-refractivity contribution in [2.45, 2.75) is 19.4 Å². The maximum absolute atomic E-state index is 5.96. The van der Waals surface area contributed by atoms with Gasteiger partial charge in [0.2, 0.25) is 0 Å². The molecule has 2 N–H and O–H groups in total. The minimum Gasteiger partial charge on any atom is -0.497 e. The highest BCUT2D eigenvalue weighted by Crippen LogP contribution is 2.29. The zero-order chi connectivity index (χ0) is 10.6. The third kappa shape index (κ3) is 3.29. The number of benzene rings is 1. The molecule has 0 bridgehead atoms. The van der Waals surface area contributed by atoms with Crippen LogP contribution in [0.25, 0.3) is 0 Å². The lowest BCUT2D eigenvalue weighted by molar-refractivity contribution is 0.394. The van der Waals surface area contributed by atoms with E-state index in [1.54, 1.807) is 14.2 Å². The molecule has 3 nitrogen and oxygen atoms in total. The van der Waals surface area contributed by atoms with Crippen LogP contribution in [0, 0.1) is 0 Å². The molecule has 0 saturated carbocycles. The van der Waals surface area contributed by atoms with Crippen molar-refractivity contribution in [1.82, 2.24) is 0 Å². The molecule has 0 saturated heterocycles. The van der Waals surface area contributed by atoms with Crippen molar-refractivity contribution < 1.29 is 9.47 Å². The zero-order valence-corrected chi connectivity index (χ0v) is 10.1. The molecule has 1 aromatic carbocycles. The fourth-order valence-electron chi connectivity index (χ4n) is 1.35. The first-order valence-corrected chi connectivity index (χ1v) is 4.70. The van der Waals surface area contributed by atoms with E-state index in [9.17, 15) is 0 Å². The van der Waals surface area contributed by atoms with Crippen molar-refractivity contribution in [2.75, 3.05) is 14.2 Å². The Morgan fingerprint density at radius 3 is 2.40 bits per heavy atom. The van der Waals surface area contributed by atoms with Gasteiger partial charge in [0.15, 0.2) is 0 Å². The molecule has 0 aliphatic heterocycles. The summed E-state index contributed by atoms with van der Waals surface area (Å²) in [5.41, 5.74) is 6.95. The molecular weight excluding hydrogens is 214 g/mol. The van der Waals surface area contributed by atoms with Crippen molar-refractivity contribution in [3.8, 4) is 11.5 Å². The number of hydrogen-bond donors (Lipinski definition) is 1. The van der Waals surface area contributed by atoms with Crippen LogP contribution in [0.2, 0.25) is 0 Å².